The molecule has 3 aromatic heterocycles. The van der Waals surface area contributed by atoms with E-state index in [2.05, 4.69) is 25.6 Å². The van der Waals surface area contributed by atoms with E-state index in [0.29, 0.717) is 12.2 Å². The minimum absolute atomic E-state index is 0.00349. The van der Waals surface area contributed by atoms with E-state index < -0.39 is 0 Å². The van der Waals surface area contributed by atoms with E-state index in [-0.39, 0.29) is 11.9 Å². The molecular formula is C25H26N6O. The molecule has 1 amide bonds. The van der Waals surface area contributed by atoms with Crippen molar-refractivity contribution in [1.82, 2.24) is 29.4 Å². The highest BCUT2D eigenvalue weighted by Gasteiger charge is 2.30. The maximum atomic E-state index is 13.1. The largest absolute Gasteiger partial charge is 0.334 e. The van der Waals surface area contributed by atoms with E-state index in [9.17, 15) is 4.79 Å². The van der Waals surface area contributed by atoms with Gasteiger partial charge in [0.25, 0.3) is 0 Å². The van der Waals surface area contributed by atoms with Crippen LogP contribution in [0.3, 0.4) is 0 Å². The van der Waals surface area contributed by atoms with Crippen LogP contribution < -0.4 is 0 Å². The molecule has 5 rings (SSSR count). The number of aromatic nitrogens is 5. The van der Waals surface area contributed by atoms with Gasteiger partial charge in [-0.05, 0) is 56.5 Å². The van der Waals surface area contributed by atoms with Crippen LogP contribution in [0, 0.1) is 6.92 Å². The Bertz CT molecular complexity index is 1240. The number of likely N-dealkylation sites (tertiary alicyclic amines) is 1. The van der Waals surface area contributed by atoms with Gasteiger partial charge in [-0.1, -0.05) is 18.2 Å². The average molecular weight is 427 g/mol. The van der Waals surface area contributed by atoms with Crippen molar-refractivity contribution in [2.75, 3.05) is 6.54 Å². The fourth-order valence-corrected chi connectivity index (χ4v) is 4.56. The lowest BCUT2D eigenvalue weighted by molar-refractivity contribution is -0.132. The Kier molecular flexibility index (Phi) is 5.62. The van der Waals surface area contributed by atoms with Crippen molar-refractivity contribution in [2.24, 2.45) is 0 Å². The zero-order valence-corrected chi connectivity index (χ0v) is 18.2. The van der Waals surface area contributed by atoms with Crippen LogP contribution in [-0.2, 0) is 11.3 Å². The van der Waals surface area contributed by atoms with Crippen LogP contribution >= 0.6 is 0 Å². The van der Waals surface area contributed by atoms with Crippen molar-refractivity contribution >= 4 is 16.9 Å². The molecule has 0 spiro atoms. The second-order valence-electron chi connectivity index (χ2n) is 8.17. The standard InChI is InChI=1S/C25H26N6O/c1-18-28-19-8-2-3-10-22(19)30(18)16-7-12-24(32)31-17-6-11-23(31)20-13-15-27-25(29-20)21-9-4-5-14-26-21/h2-5,8-10,13-15,23H,6-7,11-12,16-17H2,1H3/t23-/m1/s1. The topological polar surface area (TPSA) is 76.8 Å². The summed E-state index contributed by atoms with van der Waals surface area (Å²) in [6, 6.07) is 15.8. The van der Waals surface area contributed by atoms with Gasteiger partial charge in [-0.15, -0.1) is 0 Å². The van der Waals surface area contributed by atoms with Gasteiger partial charge < -0.3 is 9.47 Å². The number of rotatable bonds is 6. The van der Waals surface area contributed by atoms with Gasteiger partial charge in [0, 0.05) is 31.9 Å². The van der Waals surface area contributed by atoms with Gasteiger partial charge in [-0.3, -0.25) is 9.78 Å². The Morgan fingerprint density at radius 1 is 1.03 bits per heavy atom. The van der Waals surface area contributed by atoms with Crippen LogP contribution in [0.15, 0.2) is 60.9 Å². The third-order valence-electron chi connectivity index (χ3n) is 6.10. The zero-order valence-electron chi connectivity index (χ0n) is 18.2. The first-order valence-electron chi connectivity index (χ1n) is 11.2. The molecule has 4 aromatic rings. The lowest BCUT2D eigenvalue weighted by Gasteiger charge is -2.24. The van der Waals surface area contributed by atoms with Crippen LogP contribution in [0.25, 0.3) is 22.6 Å². The van der Waals surface area contributed by atoms with Gasteiger partial charge >= 0.3 is 0 Å². The lowest BCUT2D eigenvalue weighted by atomic mass is 10.1. The quantitative estimate of drug-likeness (QED) is 0.458. The zero-order chi connectivity index (χ0) is 21.9. The summed E-state index contributed by atoms with van der Waals surface area (Å²) in [6.07, 6.45) is 6.72. The number of hydrogen-bond acceptors (Lipinski definition) is 5. The first-order chi connectivity index (χ1) is 15.7. The summed E-state index contributed by atoms with van der Waals surface area (Å²) in [6.45, 7) is 3.58. The van der Waals surface area contributed by atoms with E-state index in [0.717, 1.165) is 60.6 Å². The van der Waals surface area contributed by atoms with Crippen molar-refractivity contribution in [1.29, 1.82) is 0 Å². The Hall–Kier alpha value is -3.61. The van der Waals surface area contributed by atoms with Crippen molar-refractivity contribution in [3.63, 3.8) is 0 Å². The van der Waals surface area contributed by atoms with E-state index in [1.54, 1.807) is 12.4 Å². The smallest absolute Gasteiger partial charge is 0.223 e. The Morgan fingerprint density at radius 3 is 2.78 bits per heavy atom. The minimum Gasteiger partial charge on any atom is -0.334 e. The molecule has 162 valence electrons. The Balaban J connectivity index is 1.26. The number of aryl methyl sites for hydroxylation is 2. The molecule has 7 nitrogen and oxygen atoms in total. The second-order valence-corrected chi connectivity index (χ2v) is 8.17. The summed E-state index contributed by atoms with van der Waals surface area (Å²) in [5, 5.41) is 0. The van der Waals surface area contributed by atoms with Crippen LogP contribution in [0.2, 0.25) is 0 Å². The predicted molar refractivity (Wildman–Crippen MR) is 123 cm³/mol. The van der Waals surface area contributed by atoms with Gasteiger partial charge in [0.15, 0.2) is 5.82 Å². The predicted octanol–water partition coefficient (Wildman–Crippen LogP) is 4.34. The number of fused-ring (bicyclic) bond motifs is 1. The normalized spacial score (nSPS) is 16.0. The van der Waals surface area contributed by atoms with Crippen molar-refractivity contribution in [3.05, 3.63) is 72.4 Å². The molecule has 1 aliphatic rings. The molecule has 1 saturated heterocycles. The molecule has 1 atom stereocenters. The summed E-state index contributed by atoms with van der Waals surface area (Å²) in [4.78, 5) is 33.2. The molecule has 0 N–H and O–H groups in total. The van der Waals surface area contributed by atoms with E-state index >= 15 is 0 Å². The molecule has 0 saturated carbocycles. The SMILES string of the molecule is Cc1nc2ccccc2n1CCCC(=O)N1CCC[C@@H]1c1ccnc(-c2ccccn2)n1. The molecule has 1 aliphatic heterocycles. The van der Waals surface area contributed by atoms with E-state index in [4.69, 9.17) is 4.98 Å². The molecule has 32 heavy (non-hydrogen) atoms. The molecule has 0 aliphatic carbocycles. The summed E-state index contributed by atoms with van der Waals surface area (Å²) < 4.78 is 2.20. The summed E-state index contributed by atoms with van der Waals surface area (Å²) >= 11 is 0. The van der Waals surface area contributed by atoms with Gasteiger partial charge in [0.1, 0.15) is 11.5 Å². The highest BCUT2D eigenvalue weighted by Crippen LogP contribution is 2.32. The van der Waals surface area contributed by atoms with Crippen molar-refractivity contribution in [3.8, 4) is 11.5 Å². The van der Waals surface area contributed by atoms with Crippen molar-refractivity contribution in [2.45, 2.75) is 45.2 Å². The number of benzene rings is 1. The molecular weight excluding hydrogens is 400 g/mol. The van der Waals surface area contributed by atoms with Gasteiger partial charge in [0.2, 0.25) is 5.91 Å². The molecule has 1 aromatic carbocycles. The monoisotopic (exact) mass is 426 g/mol. The van der Waals surface area contributed by atoms with E-state index in [1.165, 1.54) is 0 Å². The Labute approximate surface area is 187 Å². The van der Waals surface area contributed by atoms with Crippen molar-refractivity contribution < 1.29 is 4.79 Å². The highest BCUT2D eigenvalue weighted by molar-refractivity contribution is 5.77. The number of nitrogens with zero attached hydrogens (tertiary/aromatic N) is 6. The number of para-hydroxylation sites is 2. The van der Waals surface area contributed by atoms with Gasteiger partial charge in [0.05, 0.1) is 22.8 Å². The fraction of sp³-hybridized carbons (Fsp3) is 0.320. The lowest BCUT2D eigenvalue weighted by Crippen LogP contribution is -2.31. The maximum Gasteiger partial charge on any atom is 0.223 e. The first kappa shape index (κ1) is 20.3. The van der Waals surface area contributed by atoms with Gasteiger partial charge in [-0.2, -0.15) is 0 Å². The molecule has 4 heterocycles. The molecule has 7 heteroatoms. The summed E-state index contributed by atoms with van der Waals surface area (Å²) in [5.74, 6) is 1.78. The molecule has 1 fully saturated rings. The van der Waals surface area contributed by atoms with E-state index in [1.807, 2.05) is 54.3 Å². The number of hydrogen-bond donors (Lipinski definition) is 0. The first-order valence-corrected chi connectivity index (χ1v) is 11.2. The van der Waals surface area contributed by atoms with Gasteiger partial charge in [-0.25, -0.2) is 15.0 Å². The molecule has 0 unspecified atom stereocenters. The number of carbonyl (C=O) groups is 1. The molecule has 0 bridgehead atoms. The second kappa shape index (κ2) is 8.86. The van der Waals surface area contributed by atoms with Crippen LogP contribution in [-0.4, -0.2) is 41.9 Å². The maximum absolute atomic E-state index is 13.1. The number of pyridine rings is 1. The number of carbonyl (C=O) groups excluding carboxylic acids is 1. The number of amides is 1. The minimum atomic E-state index is 0.00349. The van der Waals surface area contributed by atoms with Crippen LogP contribution in [0.4, 0.5) is 0 Å². The third-order valence-corrected chi connectivity index (χ3v) is 6.10. The fourth-order valence-electron chi connectivity index (χ4n) is 4.56. The Morgan fingerprint density at radius 2 is 1.91 bits per heavy atom. The summed E-state index contributed by atoms with van der Waals surface area (Å²) in [5.41, 5.74) is 3.76. The highest BCUT2D eigenvalue weighted by atomic mass is 16.2. The summed E-state index contributed by atoms with van der Waals surface area (Å²) in [7, 11) is 0. The third kappa shape index (κ3) is 3.98. The average Bonchev–Trinajstić information content (AvgIpc) is 3.45. The molecule has 0 radical (unpaired) electrons. The number of imidazole rings is 1. The van der Waals surface area contributed by atoms with Crippen LogP contribution in [0.1, 0.15) is 43.2 Å². The van der Waals surface area contributed by atoms with Crippen LogP contribution in [0.5, 0.6) is 0 Å².